The predicted octanol–water partition coefficient (Wildman–Crippen LogP) is 0.272. The summed E-state index contributed by atoms with van der Waals surface area (Å²) >= 11 is 0. The van der Waals surface area contributed by atoms with Crippen molar-refractivity contribution in [1.82, 2.24) is 20.1 Å². The molecule has 6 heteroatoms. The van der Waals surface area contributed by atoms with Crippen LogP contribution in [0.2, 0.25) is 0 Å². The highest BCUT2D eigenvalue weighted by Gasteiger charge is 2.31. The van der Waals surface area contributed by atoms with E-state index in [4.69, 9.17) is 5.11 Å². The van der Waals surface area contributed by atoms with Gasteiger partial charge in [-0.1, -0.05) is 6.92 Å². The third-order valence-corrected chi connectivity index (χ3v) is 2.93. The van der Waals surface area contributed by atoms with E-state index in [-0.39, 0.29) is 12.6 Å². The normalized spacial score (nSPS) is 26.4. The third kappa shape index (κ3) is 2.38. The molecule has 90 valence electrons. The van der Waals surface area contributed by atoms with Gasteiger partial charge in [0, 0.05) is 19.0 Å². The fraction of sp³-hybridized carbons (Fsp3) is 0.800. The number of aromatic amines is 1. The molecule has 1 aromatic heterocycles. The van der Waals surface area contributed by atoms with Crippen LogP contribution in [0.3, 0.4) is 0 Å². The molecule has 0 unspecified atom stereocenters. The lowest BCUT2D eigenvalue weighted by molar-refractivity contribution is 0.150. The van der Waals surface area contributed by atoms with Crippen LogP contribution in [0.25, 0.3) is 0 Å². The zero-order chi connectivity index (χ0) is 11.5. The number of hydrogen-bond acceptors (Lipinski definition) is 4. The van der Waals surface area contributed by atoms with Gasteiger partial charge in [0.1, 0.15) is 17.8 Å². The lowest BCUT2D eigenvalue weighted by Crippen LogP contribution is -2.32. The summed E-state index contributed by atoms with van der Waals surface area (Å²) in [5.74, 6) is 1.51. The Labute approximate surface area is 93.7 Å². The van der Waals surface area contributed by atoms with E-state index in [2.05, 4.69) is 15.2 Å². The first kappa shape index (κ1) is 11.5. The number of aryl methyl sites for hydroxylation is 1. The molecule has 0 amide bonds. The summed E-state index contributed by atoms with van der Waals surface area (Å²) in [5.41, 5.74) is 0. The van der Waals surface area contributed by atoms with Crippen molar-refractivity contribution < 1.29 is 9.50 Å². The van der Waals surface area contributed by atoms with Gasteiger partial charge < -0.3 is 5.11 Å². The minimum atomic E-state index is -0.842. The molecule has 2 N–H and O–H groups in total. The third-order valence-electron chi connectivity index (χ3n) is 2.93. The van der Waals surface area contributed by atoms with E-state index in [9.17, 15) is 4.39 Å². The zero-order valence-corrected chi connectivity index (χ0v) is 9.36. The van der Waals surface area contributed by atoms with E-state index in [1.807, 2.05) is 11.8 Å². The Kier molecular flexibility index (Phi) is 3.50. The second kappa shape index (κ2) is 4.88. The van der Waals surface area contributed by atoms with Crippen LogP contribution in [0.1, 0.15) is 25.0 Å². The Morgan fingerprint density at radius 2 is 2.44 bits per heavy atom. The van der Waals surface area contributed by atoms with E-state index >= 15 is 0 Å². The van der Waals surface area contributed by atoms with Crippen molar-refractivity contribution in [3.63, 3.8) is 0 Å². The summed E-state index contributed by atoms with van der Waals surface area (Å²) < 4.78 is 13.2. The average molecular weight is 228 g/mol. The first-order chi connectivity index (χ1) is 7.72. The Hall–Kier alpha value is -1.01. The zero-order valence-electron chi connectivity index (χ0n) is 9.36. The number of aromatic nitrogens is 3. The van der Waals surface area contributed by atoms with Crippen LogP contribution in [-0.2, 0) is 13.0 Å². The first-order valence-corrected chi connectivity index (χ1v) is 5.62. The quantitative estimate of drug-likeness (QED) is 0.776. The highest BCUT2D eigenvalue weighted by Crippen LogP contribution is 2.21. The molecule has 2 heterocycles. The smallest absolute Gasteiger partial charge is 0.150 e. The molecule has 1 aliphatic heterocycles. The largest absolute Gasteiger partial charge is 0.395 e. The minimum absolute atomic E-state index is 0.00477. The molecule has 2 atom stereocenters. The molecule has 1 aromatic rings. The van der Waals surface area contributed by atoms with E-state index in [1.165, 1.54) is 0 Å². The standard InChI is InChI=1S/C10H17FN4O/c1-2-9-12-10(14-13-9)5-15-4-7(11)3-8(15)6-16/h7-8,16H,2-6H2,1H3,(H,12,13,14)/t7-,8-/m0/s1. The number of likely N-dealkylation sites (tertiary alicyclic amines) is 1. The fourth-order valence-electron chi connectivity index (χ4n) is 2.06. The van der Waals surface area contributed by atoms with E-state index in [0.29, 0.717) is 19.5 Å². The van der Waals surface area contributed by atoms with Gasteiger partial charge in [-0.15, -0.1) is 0 Å². The summed E-state index contributed by atoms with van der Waals surface area (Å²) in [6, 6.07) is -0.0924. The maximum atomic E-state index is 13.2. The molecule has 1 saturated heterocycles. The van der Waals surface area contributed by atoms with Crippen LogP contribution < -0.4 is 0 Å². The van der Waals surface area contributed by atoms with Crippen LogP contribution in [0.5, 0.6) is 0 Å². The van der Waals surface area contributed by atoms with Crippen LogP contribution >= 0.6 is 0 Å². The molecular formula is C10H17FN4O. The summed E-state index contributed by atoms with van der Waals surface area (Å²) in [6.07, 6.45) is 0.349. The van der Waals surface area contributed by atoms with E-state index in [1.54, 1.807) is 0 Å². The SMILES string of the molecule is CCc1n[nH]c(CN2C[C@@H](F)C[C@H]2CO)n1. The van der Waals surface area contributed by atoms with Crippen molar-refractivity contribution in [3.8, 4) is 0 Å². The Balaban J connectivity index is 1.98. The first-order valence-electron chi connectivity index (χ1n) is 5.62. The van der Waals surface area contributed by atoms with Gasteiger partial charge in [-0.3, -0.25) is 10.00 Å². The summed E-state index contributed by atoms with van der Waals surface area (Å²) in [4.78, 5) is 6.18. The molecule has 1 aliphatic rings. The summed E-state index contributed by atoms with van der Waals surface area (Å²) in [6.45, 7) is 2.87. The Morgan fingerprint density at radius 1 is 1.62 bits per heavy atom. The molecule has 1 fully saturated rings. The topological polar surface area (TPSA) is 65.0 Å². The number of aliphatic hydroxyl groups is 1. The van der Waals surface area contributed by atoms with E-state index < -0.39 is 6.17 Å². The number of aliphatic hydroxyl groups excluding tert-OH is 1. The number of hydrogen-bond donors (Lipinski definition) is 2. The number of nitrogens with zero attached hydrogens (tertiary/aromatic N) is 3. The number of rotatable bonds is 4. The van der Waals surface area contributed by atoms with Gasteiger partial charge in [-0.2, -0.15) is 5.10 Å². The molecule has 0 saturated carbocycles. The molecule has 0 spiro atoms. The number of alkyl halides is 1. The molecular weight excluding hydrogens is 211 g/mol. The second-order valence-corrected chi connectivity index (χ2v) is 4.15. The lowest BCUT2D eigenvalue weighted by atomic mass is 10.2. The van der Waals surface area contributed by atoms with Crippen LogP contribution in [-0.4, -0.2) is 50.6 Å². The van der Waals surface area contributed by atoms with Crippen molar-refractivity contribution in [3.05, 3.63) is 11.6 Å². The number of halogens is 1. The molecule has 0 bridgehead atoms. The van der Waals surface area contributed by atoms with Crippen molar-refractivity contribution in [2.45, 2.75) is 38.5 Å². The monoisotopic (exact) mass is 228 g/mol. The van der Waals surface area contributed by atoms with Gasteiger partial charge in [0.05, 0.1) is 13.2 Å². The lowest BCUT2D eigenvalue weighted by Gasteiger charge is -2.20. The Morgan fingerprint density at radius 3 is 3.06 bits per heavy atom. The predicted molar refractivity (Wildman–Crippen MR) is 56.6 cm³/mol. The average Bonchev–Trinajstić information content (AvgIpc) is 2.85. The van der Waals surface area contributed by atoms with Crippen molar-refractivity contribution in [2.24, 2.45) is 0 Å². The van der Waals surface area contributed by atoms with Gasteiger partial charge in [-0.05, 0) is 6.42 Å². The number of H-pyrrole nitrogens is 1. The summed E-state index contributed by atoms with van der Waals surface area (Å²) in [5, 5.41) is 16.0. The molecule has 0 aromatic carbocycles. The molecule has 16 heavy (non-hydrogen) atoms. The second-order valence-electron chi connectivity index (χ2n) is 4.15. The summed E-state index contributed by atoms with van der Waals surface area (Å²) in [7, 11) is 0. The van der Waals surface area contributed by atoms with Crippen LogP contribution in [0, 0.1) is 0 Å². The molecule has 0 aliphatic carbocycles. The van der Waals surface area contributed by atoms with Crippen LogP contribution in [0.15, 0.2) is 0 Å². The maximum absolute atomic E-state index is 13.2. The molecule has 0 radical (unpaired) electrons. The fourth-order valence-corrected chi connectivity index (χ4v) is 2.06. The van der Waals surface area contributed by atoms with Gasteiger partial charge in [0.15, 0.2) is 0 Å². The van der Waals surface area contributed by atoms with Crippen molar-refractivity contribution in [1.29, 1.82) is 0 Å². The maximum Gasteiger partial charge on any atom is 0.150 e. The van der Waals surface area contributed by atoms with Crippen molar-refractivity contribution >= 4 is 0 Å². The van der Waals surface area contributed by atoms with Gasteiger partial charge in [0.2, 0.25) is 0 Å². The van der Waals surface area contributed by atoms with Gasteiger partial charge in [0.25, 0.3) is 0 Å². The molecule has 5 nitrogen and oxygen atoms in total. The van der Waals surface area contributed by atoms with Gasteiger partial charge in [-0.25, -0.2) is 9.37 Å². The van der Waals surface area contributed by atoms with Crippen LogP contribution in [0.4, 0.5) is 4.39 Å². The highest BCUT2D eigenvalue weighted by atomic mass is 19.1. The Bertz CT molecular complexity index is 343. The van der Waals surface area contributed by atoms with Crippen molar-refractivity contribution in [2.75, 3.05) is 13.2 Å². The number of nitrogens with one attached hydrogen (secondary N) is 1. The van der Waals surface area contributed by atoms with E-state index in [0.717, 1.165) is 18.1 Å². The highest BCUT2D eigenvalue weighted by molar-refractivity contribution is 4.93. The minimum Gasteiger partial charge on any atom is -0.395 e. The molecule has 2 rings (SSSR count). The van der Waals surface area contributed by atoms with Gasteiger partial charge >= 0.3 is 0 Å².